The van der Waals surface area contributed by atoms with Gasteiger partial charge in [-0.3, -0.25) is 19.3 Å². The van der Waals surface area contributed by atoms with Gasteiger partial charge in [0, 0.05) is 10.5 Å². The molecular formula is C12H11NO4S. The van der Waals surface area contributed by atoms with E-state index in [1.54, 1.807) is 18.2 Å². The highest BCUT2D eigenvalue weighted by molar-refractivity contribution is 8.00. The van der Waals surface area contributed by atoms with Crippen LogP contribution in [0, 0.1) is 0 Å². The van der Waals surface area contributed by atoms with E-state index >= 15 is 0 Å². The second-order valence-electron chi connectivity index (χ2n) is 3.90. The Morgan fingerprint density at radius 3 is 2.78 bits per heavy atom. The quantitative estimate of drug-likeness (QED) is 0.836. The Bertz CT molecular complexity index is 541. The van der Waals surface area contributed by atoms with Crippen LogP contribution in [0.1, 0.15) is 17.3 Å². The molecule has 0 saturated carbocycles. The number of aliphatic carboxylic acids is 1. The Hall–Kier alpha value is -1.82. The molecule has 1 amide bonds. The molecule has 2 rings (SSSR count). The SMILES string of the molecule is CC(=O)c1ccc2c(c1)SCC(=O)N2CC(=O)O. The first-order chi connectivity index (χ1) is 8.49. The number of Topliss-reactive ketones (excluding diaryl/α,β-unsaturated/α-hetero) is 1. The van der Waals surface area contributed by atoms with Crippen LogP contribution in [0.25, 0.3) is 0 Å². The van der Waals surface area contributed by atoms with Gasteiger partial charge in [0.2, 0.25) is 5.91 Å². The Labute approximate surface area is 108 Å². The zero-order valence-corrected chi connectivity index (χ0v) is 10.5. The van der Waals surface area contributed by atoms with Crippen LogP contribution in [0.5, 0.6) is 0 Å². The van der Waals surface area contributed by atoms with Crippen molar-refractivity contribution in [1.29, 1.82) is 0 Å². The lowest BCUT2D eigenvalue weighted by Crippen LogP contribution is -2.39. The molecule has 0 aliphatic carbocycles. The summed E-state index contributed by atoms with van der Waals surface area (Å²) in [5.41, 5.74) is 1.12. The minimum absolute atomic E-state index is 0.0555. The van der Waals surface area contributed by atoms with Crippen molar-refractivity contribution in [2.75, 3.05) is 17.2 Å². The largest absolute Gasteiger partial charge is 0.480 e. The molecule has 1 N–H and O–H groups in total. The third kappa shape index (κ3) is 2.38. The molecule has 0 atom stereocenters. The van der Waals surface area contributed by atoms with Crippen molar-refractivity contribution in [3.05, 3.63) is 23.8 Å². The lowest BCUT2D eigenvalue weighted by atomic mass is 10.1. The fourth-order valence-corrected chi connectivity index (χ4v) is 2.70. The summed E-state index contributed by atoms with van der Waals surface area (Å²) in [5, 5.41) is 8.80. The average molecular weight is 265 g/mol. The van der Waals surface area contributed by atoms with E-state index in [4.69, 9.17) is 5.11 Å². The zero-order valence-electron chi connectivity index (χ0n) is 9.67. The highest BCUT2D eigenvalue weighted by Gasteiger charge is 2.26. The molecule has 1 heterocycles. The van der Waals surface area contributed by atoms with Gasteiger partial charge in [-0.25, -0.2) is 0 Å². The summed E-state index contributed by atoms with van der Waals surface area (Å²) >= 11 is 1.32. The highest BCUT2D eigenvalue weighted by Crippen LogP contribution is 2.35. The van der Waals surface area contributed by atoms with E-state index in [2.05, 4.69) is 0 Å². The van der Waals surface area contributed by atoms with Gasteiger partial charge < -0.3 is 5.11 Å². The van der Waals surface area contributed by atoms with Gasteiger partial charge in [0.25, 0.3) is 0 Å². The molecule has 0 fully saturated rings. The number of nitrogens with zero attached hydrogens (tertiary/aromatic N) is 1. The number of carboxylic acids is 1. The van der Waals surface area contributed by atoms with Crippen molar-refractivity contribution >= 4 is 35.1 Å². The number of carbonyl (C=O) groups excluding carboxylic acids is 2. The Morgan fingerprint density at radius 1 is 1.44 bits per heavy atom. The number of anilines is 1. The van der Waals surface area contributed by atoms with Crippen LogP contribution in [0.15, 0.2) is 23.1 Å². The summed E-state index contributed by atoms with van der Waals surface area (Å²) in [7, 11) is 0. The molecule has 18 heavy (non-hydrogen) atoms. The second kappa shape index (κ2) is 4.81. The molecule has 0 aromatic heterocycles. The molecule has 1 aliphatic heterocycles. The van der Waals surface area contributed by atoms with Gasteiger partial charge in [0.1, 0.15) is 6.54 Å². The van der Waals surface area contributed by atoms with E-state index in [-0.39, 0.29) is 24.0 Å². The smallest absolute Gasteiger partial charge is 0.323 e. The lowest BCUT2D eigenvalue weighted by Gasteiger charge is -2.27. The highest BCUT2D eigenvalue weighted by atomic mass is 32.2. The van der Waals surface area contributed by atoms with Gasteiger partial charge in [0.15, 0.2) is 5.78 Å². The predicted molar refractivity (Wildman–Crippen MR) is 67.2 cm³/mol. The van der Waals surface area contributed by atoms with E-state index in [1.807, 2.05) is 0 Å². The Balaban J connectivity index is 2.41. The third-order valence-electron chi connectivity index (χ3n) is 2.60. The minimum Gasteiger partial charge on any atom is -0.480 e. The molecule has 0 bridgehead atoms. The van der Waals surface area contributed by atoms with E-state index in [1.165, 1.54) is 23.6 Å². The van der Waals surface area contributed by atoms with Gasteiger partial charge in [-0.05, 0) is 25.1 Å². The maximum absolute atomic E-state index is 11.7. The lowest BCUT2D eigenvalue weighted by molar-refractivity contribution is -0.136. The minimum atomic E-state index is -1.06. The van der Waals surface area contributed by atoms with Crippen molar-refractivity contribution in [3.8, 4) is 0 Å². The Kier molecular flexibility index (Phi) is 3.38. The molecule has 0 saturated heterocycles. The number of carbonyl (C=O) groups is 3. The fourth-order valence-electron chi connectivity index (χ4n) is 1.73. The van der Waals surface area contributed by atoms with Crippen molar-refractivity contribution in [2.24, 2.45) is 0 Å². The molecule has 5 nitrogen and oxygen atoms in total. The number of rotatable bonds is 3. The maximum Gasteiger partial charge on any atom is 0.323 e. The van der Waals surface area contributed by atoms with Crippen LogP contribution in [0.2, 0.25) is 0 Å². The summed E-state index contributed by atoms with van der Waals surface area (Å²) in [6.45, 7) is 1.11. The fraction of sp³-hybridized carbons (Fsp3) is 0.250. The first-order valence-electron chi connectivity index (χ1n) is 5.29. The van der Waals surface area contributed by atoms with E-state index < -0.39 is 5.97 Å². The van der Waals surface area contributed by atoms with Gasteiger partial charge in [-0.2, -0.15) is 0 Å². The van der Waals surface area contributed by atoms with Crippen LogP contribution in [-0.4, -0.2) is 35.1 Å². The number of fused-ring (bicyclic) bond motifs is 1. The van der Waals surface area contributed by atoms with Crippen LogP contribution in [0.3, 0.4) is 0 Å². The van der Waals surface area contributed by atoms with Crippen LogP contribution < -0.4 is 4.90 Å². The number of benzene rings is 1. The zero-order chi connectivity index (χ0) is 13.3. The summed E-state index contributed by atoms with van der Waals surface area (Å²) < 4.78 is 0. The molecule has 1 aromatic carbocycles. The van der Waals surface area contributed by atoms with Gasteiger partial charge in [-0.15, -0.1) is 11.8 Å². The number of hydrogen-bond acceptors (Lipinski definition) is 4. The normalized spacial score (nSPS) is 14.3. The average Bonchev–Trinajstić information content (AvgIpc) is 2.31. The topological polar surface area (TPSA) is 74.7 Å². The van der Waals surface area contributed by atoms with Gasteiger partial charge in [-0.1, -0.05) is 0 Å². The van der Waals surface area contributed by atoms with Crippen LogP contribution in [-0.2, 0) is 9.59 Å². The monoisotopic (exact) mass is 265 g/mol. The van der Waals surface area contributed by atoms with Crippen molar-refractivity contribution in [2.45, 2.75) is 11.8 Å². The van der Waals surface area contributed by atoms with Crippen LogP contribution >= 0.6 is 11.8 Å². The molecular weight excluding hydrogens is 254 g/mol. The number of thioether (sulfide) groups is 1. The molecule has 0 unspecified atom stereocenters. The maximum atomic E-state index is 11.7. The summed E-state index contributed by atoms with van der Waals surface area (Å²) in [6, 6.07) is 4.93. The molecule has 6 heteroatoms. The van der Waals surface area contributed by atoms with Crippen molar-refractivity contribution in [1.82, 2.24) is 0 Å². The van der Waals surface area contributed by atoms with Crippen molar-refractivity contribution in [3.63, 3.8) is 0 Å². The van der Waals surface area contributed by atoms with Gasteiger partial charge >= 0.3 is 5.97 Å². The summed E-state index contributed by atoms with van der Waals surface area (Å²) in [6.07, 6.45) is 0. The number of ketones is 1. The standard InChI is InChI=1S/C12H11NO4S/c1-7(14)8-2-3-9-10(4-8)18-6-11(15)13(9)5-12(16)17/h2-4H,5-6H2,1H3,(H,16,17). The molecule has 0 spiro atoms. The first-order valence-corrected chi connectivity index (χ1v) is 6.27. The van der Waals surface area contributed by atoms with E-state index in [9.17, 15) is 14.4 Å². The number of amides is 1. The molecule has 1 aromatic rings. The van der Waals surface area contributed by atoms with Gasteiger partial charge in [0.05, 0.1) is 11.4 Å². The first kappa shape index (κ1) is 12.6. The van der Waals surface area contributed by atoms with E-state index in [0.717, 1.165) is 4.90 Å². The molecule has 0 radical (unpaired) electrons. The Morgan fingerprint density at radius 2 is 2.17 bits per heavy atom. The number of hydrogen-bond donors (Lipinski definition) is 1. The molecule has 1 aliphatic rings. The van der Waals surface area contributed by atoms with Crippen LogP contribution in [0.4, 0.5) is 5.69 Å². The third-order valence-corrected chi connectivity index (χ3v) is 3.63. The predicted octanol–water partition coefficient (Wildman–Crippen LogP) is 1.41. The summed E-state index contributed by atoms with van der Waals surface area (Å²) in [4.78, 5) is 35.7. The van der Waals surface area contributed by atoms with E-state index in [0.29, 0.717) is 11.3 Å². The van der Waals surface area contributed by atoms with Crippen molar-refractivity contribution < 1.29 is 19.5 Å². The molecule has 94 valence electrons. The summed E-state index contributed by atoms with van der Waals surface area (Å²) in [5.74, 6) is -1.15. The number of carboxylic acid groups (broad SMARTS) is 1. The second-order valence-corrected chi connectivity index (χ2v) is 4.92.